The van der Waals surface area contributed by atoms with Crippen LogP contribution in [0.1, 0.15) is 49.3 Å². The lowest BCUT2D eigenvalue weighted by Crippen LogP contribution is -2.17. The minimum Gasteiger partial charge on any atom is -0.507 e. The van der Waals surface area contributed by atoms with E-state index in [1.807, 2.05) is 20.8 Å². The molecular formula is C18H23BrO2. The molecule has 0 saturated heterocycles. The summed E-state index contributed by atoms with van der Waals surface area (Å²) >= 11 is 3.44. The number of rotatable bonds is 2. The van der Waals surface area contributed by atoms with Gasteiger partial charge in [-0.15, -0.1) is 0 Å². The summed E-state index contributed by atoms with van der Waals surface area (Å²) in [5.41, 5.74) is 4.59. The number of phenols is 2. The molecule has 0 saturated carbocycles. The number of aromatic hydroxyl groups is 2. The Bertz CT molecular complexity index is 600. The second-order valence-corrected chi connectivity index (χ2v) is 7.00. The molecule has 0 fully saturated rings. The van der Waals surface area contributed by atoms with Crippen LogP contribution in [0.5, 0.6) is 11.5 Å². The highest BCUT2D eigenvalue weighted by Gasteiger charge is 2.31. The van der Waals surface area contributed by atoms with E-state index >= 15 is 0 Å². The van der Waals surface area contributed by atoms with Gasteiger partial charge in [-0.25, -0.2) is 0 Å². The molecule has 0 spiro atoms. The van der Waals surface area contributed by atoms with Crippen molar-refractivity contribution in [2.24, 2.45) is 5.92 Å². The molecule has 1 aliphatic carbocycles. The Balaban J connectivity index is 2.69. The molecule has 2 N–H and O–H groups in total. The largest absolute Gasteiger partial charge is 0.507 e. The minimum absolute atomic E-state index is 0.0123. The smallest absolute Gasteiger partial charge is 0.127 e. The van der Waals surface area contributed by atoms with E-state index in [-0.39, 0.29) is 23.3 Å². The van der Waals surface area contributed by atoms with Gasteiger partial charge in [0.15, 0.2) is 0 Å². The van der Waals surface area contributed by atoms with E-state index in [4.69, 9.17) is 0 Å². The topological polar surface area (TPSA) is 40.5 Å². The standard InChI is InChI=1S/C18H23BrO2/c1-9(2)13-7-6-10(3)8-14(13)15-17(20)11(4)16(19)12(5)18(15)21/h8,13-14,20-21H,1,6-7H2,2-5H3/t13-,14+/m0/s1. The van der Waals surface area contributed by atoms with Crippen LogP contribution in [-0.4, -0.2) is 10.2 Å². The van der Waals surface area contributed by atoms with Crippen molar-refractivity contribution in [3.05, 3.63) is 45.0 Å². The van der Waals surface area contributed by atoms with Gasteiger partial charge >= 0.3 is 0 Å². The van der Waals surface area contributed by atoms with Gasteiger partial charge in [0.2, 0.25) is 0 Å². The third-order valence-electron chi connectivity index (χ3n) is 4.59. The number of hydrogen-bond donors (Lipinski definition) is 2. The molecule has 0 aliphatic heterocycles. The van der Waals surface area contributed by atoms with Crippen molar-refractivity contribution in [1.29, 1.82) is 0 Å². The van der Waals surface area contributed by atoms with Gasteiger partial charge in [-0.1, -0.05) is 23.8 Å². The summed E-state index contributed by atoms with van der Waals surface area (Å²) in [6.07, 6.45) is 4.23. The van der Waals surface area contributed by atoms with Crippen molar-refractivity contribution in [1.82, 2.24) is 0 Å². The van der Waals surface area contributed by atoms with Gasteiger partial charge in [0, 0.05) is 27.1 Å². The Morgan fingerprint density at radius 2 is 1.71 bits per heavy atom. The summed E-state index contributed by atoms with van der Waals surface area (Å²) in [6, 6.07) is 0. The van der Waals surface area contributed by atoms with E-state index in [9.17, 15) is 10.2 Å². The van der Waals surface area contributed by atoms with Crippen molar-refractivity contribution < 1.29 is 10.2 Å². The van der Waals surface area contributed by atoms with Crippen molar-refractivity contribution in [3.8, 4) is 11.5 Å². The lowest BCUT2D eigenvalue weighted by atomic mass is 9.73. The van der Waals surface area contributed by atoms with Gasteiger partial charge in [-0.05, 0) is 62.4 Å². The fourth-order valence-corrected chi connectivity index (χ4v) is 3.60. The number of allylic oxidation sites excluding steroid dienone is 3. The molecule has 1 aromatic rings. The monoisotopic (exact) mass is 350 g/mol. The maximum absolute atomic E-state index is 10.6. The summed E-state index contributed by atoms with van der Waals surface area (Å²) in [4.78, 5) is 0. The van der Waals surface area contributed by atoms with Crippen LogP contribution in [-0.2, 0) is 0 Å². The van der Waals surface area contributed by atoms with Crippen LogP contribution in [0.15, 0.2) is 28.3 Å². The Labute approximate surface area is 135 Å². The summed E-state index contributed by atoms with van der Waals surface area (Å²) in [7, 11) is 0. The highest BCUT2D eigenvalue weighted by Crippen LogP contribution is 2.49. The summed E-state index contributed by atoms with van der Waals surface area (Å²) in [5, 5.41) is 21.1. The Kier molecular flexibility index (Phi) is 4.52. The zero-order valence-corrected chi connectivity index (χ0v) is 14.7. The van der Waals surface area contributed by atoms with Crippen LogP contribution in [0.3, 0.4) is 0 Å². The predicted molar refractivity (Wildman–Crippen MR) is 91.0 cm³/mol. The van der Waals surface area contributed by atoms with Gasteiger partial charge in [0.25, 0.3) is 0 Å². The van der Waals surface area contributed by atoms with Crippen LogP contribution in [0, 0.1) is 19.8 Å². The quantitative estimate of drug-likeness (QED) is 0.692. The third-order valence-corrected chi connectivity index (χ3v) is 5.78. The zero-order valence-electron chi connectivity index (χ0n) is 13.1. The van der Waals surface area contributed by atoms with Gasteiger partial charge in [-0.3, -0.25) is 0 Å². The fraction of sp³-hybridized carbons (Fsp3) is 0.444. The Hall–Kier alpha value is -1.22. The Morgan fingerprint density at radius 3 is 2.19 bits per heavy atom. The van der Waals surface area contributed by atoms with E-state index in [2.05, 4.69) is 35.5 Å². The number of halogens is 1. The first kappa shape index (κ1) is 16.2. The van der Waals surface area contributed by atoms with Crippen LogP contribution in [0.4, 0.5) is 0 Å². The lowest BCUT2D eigenvalue weighted by Gasteiger charge is -2.32. The van der Waals surface area contributed by atoms with Crippen molar-refractivity contribution in [3.63, 3.8) is 0 Å². The normalized spacial score (nSPS) is 22.0. The second kappa shape index (κ2) is 5.88. The molecule has 3 heteroatoms. The minimum atomic E-state index is -0.0123. The molecule has 2 rings (SSSR count). The van der Waals surface area contributed by atoms with E-state index in [1.165, 1.54) is 5.57 Å². The summed E-state index contributed by atoms with van der Waals surface area (Å²) in [6.45, 7) is 12.0. The van der Waals surface area contributed by atoms with E-state index < -0.39 is 0 Å². The van der Waals surface area contributed by atoms with Gasteiger partial charge in [0.05, 0.1) is 0 Å². The molecule has 0 unspecified atom stereocenters. The summed E-state index contributed by atoms with van der Waals surface area (Å²) in [5.74, 6) is 0.617. The number of phenolic OH excluding ortho intramolecular Hbond substituents is 2. The SMILES string of the molecule is C=C(C)[C@@H]1CCC(C)=C[C@H]1c1c(O)c(C)c(Br)c(C)c1O. The Morgan fingerprint density at radius 1 is 1.19 bits per heavy atom. The maximum Gasteiger partial charge on any atom is 0.127 e. The van der Waals surface area contributed by atoms with Crippen LogP contribution in [0.25, 0.3) is 0 Å². The molecule has 0 amide bonds. The van der Waals surface area contributed by atoms with Crippen molar-refractivity contribution in [2.45, 2.75) is 46.5 Å². The molecule has 1 aromatic carbocycles. The zero-order chi connectivity index (χ0) is 15.9. The molecule has 0 heterocycles. The molecule has 0 bridgehead atoms. The molecule has 0 aromatic heterocycles. The highest BCUT2D eigenvalue weighted by atomic mass is 79.9. The molecule has 21 heavy (non-hydrogen) atoms. The molecule has 1 aliphatic rings. The van der Waals surface area contributed by atoms with Gasteiger partial charge in [0.1, 0.15) is 11.5 Å². The van der Waals surface area contributed by atoms with E-state index in [0.29, 0.717) is 5.56 Å². The first-order valence-electron chi connectivity index (χ1n) is 7.28. The van der Waals surface area contributed by atoms with Crippen molar-refractivity contribution >= 4 is 15.9 Å². The highest BCUT2D eigenvalue weighted by molar-refractivity contribution is 9.10. The number of hydrogen-bond acceptors (Lipinski definition) is 2. The molecular weight excluding hydrogens is 328 g/mol. The molecule has 2 atom stereocenters. The second-order valence-electron chi connectivity index (χ2n) is 6.21. The average Bonchev–Trinajstić information content (AvgIpc) is 2.43. The maximum atomic E-state index is 10.6. The van der Waals surface area contributed by atoms with E-state index in [1.54, 1.807) is 0 Å². The van der Waals surface area contributed by atoms with Gasteiger partial charge in [-0.2, -0.15) is 0 Å². The predicted octanol–water partition coefficient (Wildman–Crippen LogP) is 5.49. The molecule has 0 radical (unpaired) electrons. The van der Waals surface area contributed by atoms with Crippen LogP contribution < -0.4 is 0 Å². The van der Waals surface area contributed by atoms with Crippen LogP contribution >= 0.6 is 15.9 Å². The third kappa shape index (κ3) is 2.76. The van der Waals surface area contributed by atoms with Gasteiger partial charge < -0.3 is 10.2 Å². The molecule has 2 nitrogen and oxygen atoms in total. The summed E-state index contributed by atoms with van der Waals surface area (Å²) < 4.78 is 0.768. The number of benzene rings is 1. The fourth-order valence-electron chi connectivity index (χ4n) is 3.23. The lowest BCUT2D eigenvalue weighted by molar-refractivity contribution is 0.402. The first-order valence-corrected chi connectivity index (χ1v) is 8.08. The molecule has 114 valence electrons. The first-order chi connectivity index (χ1) is 9.75. The van der Waals surface area contributed by atoms with Crippen LogP contribution in [0.2, 0.25) is 0 Å². The van der Waals surface area contributed by atoms with E-state index in [0.717, 1.165) is 34.0 Å². The van der Waals surface area contributed by atoms with Crippen molar-refractivity contribution in [2.75, 3.05) is 0 Å². The average molecular weight is 351 g/mol.